The first-order valence-corrected chi connectivity index (χ1v) is 5.08. The summed E-state index contributed by atoms with van der Waals surface area (Å²) in [7, 11) is 0. The van der Waals surface area contributed by atoms with Gasteiger partial charge in [0.05, 0.1) is 5.69 Å². The lowest BCUT2D eigenvalue weighted by molar-refractivity contribution is 0.0689. The van der Waals surface area contributed by atoms with Crippen molar-refractivity contribution >= 4 is 5.97 Å². The van der Waals surface area contributed by atoms with Crippen LogP contribution in [-0.2, 0) is 13.1 Å². The van der Waals surface area contributed by atoms with Crippen molar-refractivity contribution in [3.63, 3.8) is 0 Å². The van der Waals surface area contributed by atoms with Crippen molar-refractivity contribution in [2.24, 2.45) is 0 Å². The number of aromatic carboxylic acids is 1. The lowest BCUT2D eigenvalue weighted by atomic mass is 10.3. The second kappa shape index (κ2) is 4.93. The first-order valence-electron chi connectivity index (χ1n) is 5.08. The lowest BCUT2D eigenvalue weighted by Gasteiger charge is -2.08. The Hall–Kier alpha value is -1.36. The number of hydrogen-bond acceptors (Lipinski definition) is 3. The molecule has 1 heterocycles. The van der Waals surface area contributed by atoms with Crippen LogP contribution < -0.4 is 5.32 Å². The van der Waals surface area contributed by atoms with E-state index in [0.717, 1.165) is 5.69 Å². The number of aromatic nitrogens is 2. The van der Waals surface area contributed by atoms with Gasteiger partial charge in [0.25, 0.3) is 0 Å². The summed E-state index contributed by atoms with van der Waals surface area (Å²) in [5.41, 5.74) is 1.01. The van der Waals surface area contributed by atoms with E-state index in [1.165, 1.54) is 0 Å². The van der Waals surface area contributed by atoms with E-state index in [1.807, 2.05) is 20.8 Å². The standard InChI is InChI=1S/C10H17N3O2/c1-4-13-8(6-11-7(2)3)5-9(12-13)10(14)15/h5,7,11H,4,6H2,1-3H3,(H,14,15). The van der Waals surface area contributed by atoms with Gasteiger partial charge in [-0.2, -0.15) is 5.10 Å². The van der Waals surface area contributed by atoms with Gasteiger partial charge in [0.15, 0.2) is 5.69 Å². The van der Waals surface area contributed by atoms with Crippen molar-refractivity contribution in [1.29, 1.82) is 0 Å². The summed E-state index contributed by atoms with van der Waals surface area (Å²) < 4.78 is 1.71. The Balaban J connectivity index is 2.81. The third-order valence-electron chi connectivity index (χ3n) is 2.07. The molecule has 0 spiro atoms. The number of aryl methyl sites for hydroxylation is 1. The van der Waals surface area contributed by atoms with Crippen LogP contribution in [0.4, 0.5) is 0 Å². The van der Waals surface area contributed by atoms with Gasteiger partial charge < -0.3 is 10.4 Å². The van der Waals surface area contributed by atoms with Gasteiger partial charge in [0.1, 0.15) is 0 Å². The van der Waals surface area contributed by atoms with Gasteiger partial charge in [-0.05, 0) is 13.0 Å². The normalized spacial score (nSPS) is 10.9. The number of nitrogens with one attached hydrogen (secondary N) is 1. The molecule has 15 heavy (non-hydrogen) atoms. The van der Waals surface area contributed by atoms with Crippen LogP contribution in [0.15, 0.2) is 6.07 Å². The van der Waals surface area contributed by atoms with Crippen LogP contribution in [0, 0.1) is 0 Å². The molecule has 0 aliphatic heterocycles. The Morgan fingerprint density at radius 3 is 2.80 bits per heavy atom. The molecule has 0 radical (unpaired) electrons. The van der Waals surface area contributed by atoms with Crippen molar-refractivity contribution < 1.29 is 9.90 Å². The molecule has 0 atom stereocenters. The Labute approximate surface area is 89.1 Å². The summed E-state index contributed by atoms with van der Waals surface area (Å²) in [6.07, 6.45) is 0. The van der Waals surface area contributed by atoms with Gasteiger partial charge in [-0.15, -0.1) is 0 Å². The maximum atomic E-state index is 10.7. The van der Waals surface area contributed by atoms with Gasteiger partial charge in [0.2, 0.25) is 0 Å². The van der Waals surface area contributed by atoms with Crippen LogP contribution >= 0.6 is 0 Å². The summed E-state index contributed by atoms with van der Waals surface area (Å²) in [6.45, 7) is 7.36. The van der Waals surface area contributed by atoms with Gasteiger partial charge >= 0.3 is 5.97 Å². The highest BCUT2D eigenvalue weighted by Gasteiger charge is 2.11. The molecule has 0 fully saturated rings. The third-order valence-corrected chi connectivity index (χ3v) is 2.07. The largest absolute Gasteiger partial charge is 0.476 e. The highest BCUT2D eigenvalue weighted by molar-refractivity contribution is 5.85. The van der Waals surface area contributed by atoms with Crippen LogP contribution in [0.1, 0.15) is 37.0 Å². The van der Waals surface area contributed by atoms with Gasteiger partial charge in [-0.3, -0.25) is 4.68 Å². The second-order valence-corrected chi connectivity index (χ2v) is 3.68. The molecule has 0 bridgehead atoms. The first-order chi connectivity index (χ1) is 7.04. The van der Waals surface area contributed by atoms with Crippen LogP contribution in [-0.4, -0.2) is 26.9 Å². The van der Waals surface area contributed by atoms with Crippen molar-refractivity contribution in [2.75, 3.05) is 0 Å². The van der Waals surface area contributed by atoms with Crippen LogP contribution in [0.25, 0.3) is 0 Å². The van der Waals surface area contributed by atoms with Gasteiger partial charge in [0, 0.05) is 19.1 Å². The monoisotopic (exact) mass is 211 g/mol. The average molecular weight is 211 g/mol. The average Bonchev–Trinajstić information content (AvgIpc) is 2.57. The minimum atomic E-state index is -0.979. The zero-order valence-corrected chi connectivity index (χ0v) is 9.32. The maximum Gasteiger partial charge on any atom is 0.356 e. The van der Waals surface area contributed by atoms with E-state index in [4.69, 9.17) is 5.11 Å². The Morgan fingerprint density at radius 2 is 2.33 bits per heavy atom. The zero-order valence-electron chi connectivity index (χ0n) is 9.32. The number of nitrogens with zero attached hydrogens (tertiary/aromatic N) is 2. The number of carbonyl (C=O) groups is 1. The van der Waals surface area contributed by atoms with Crippen LogP contribution in [0.5, 0.6) is 0 Å². The maximum absolute atomic E-state index is 10.7. The van der Waals surface area contributed by atoms with Crippen molar-refractivity contribution in [1.82, 2.24) is 15.1 Å². The minimum Gasteiger partial charge on any atom is -0.476 e. The number of carboxylic acid groups (broad SMARTS) is 1. The number of carboxylic acids is 1. The molecular weight excluding hydrogens is 194 g/mol. The second-order valence-electron chi connectivity index (χ2n) is 3.68. The SMILES string of the molecule is CCn1nc(C(=O)O)cc1CNC(C)C. The van der Waals surface area contributed by atoms with Crippen LogP contribution in [0.2, 0.25) is 0 Å². The summed E-state index contributed by atoms with van der Waals surface area (Å²) in [6, 6.07) is 1.99. The molecule has 0 unspecified atom stereocenters. The van der Waals surface area contributed by atoms with Crippen molar-refractivity contribution in [3.8, 4) is 0 Å². The first kappa shape index (κ1) is 11.7. The molecule has 0 amide bonds. The fourth-order valence-corrected chi connectivity index (χ4v) is 1.28. The van der Waals surface area contributed by atoms with E-state index in [9.17, 15) is 4.79 Å². The molecular formula is C10H17N3O2. The molecule has 1 aromatic heterocycles. The molecule has 1 aromatic rings. The van der Waals surface area contributed by atoms with Gasteiger partial charge in [-0.25, -0.2) is 4.79 Å². The molecule has 5 nitrogen and oxygen atoms in total. The molecule has 0 aliphatic rings. The molecule has 84 valence electrons. The quantitative estimate of drug-likeness (QED) is 0.765. The topological polar surface area (TPSA) is 67.2 Å². The van der Waals surface area contributed by atoms with E-state index in [1.54, 1.807) is 10.7 Å². The molecule has 5 heteroatoms. The van der Waals surface area contributed by atoms with E-state index in [-0.39, 0.29) is 5.69 Å². The Morgan fingerprint density at radius 1 is 1.67 bits per heavy atom. The fourth-order valence-electron chi connectivity index (χ4n) is 1.28. The highest BCUT2D eigenvalue weighted by atomic mass is 16.4. The number of rotatable bonds is 5. The highest BCUT2D eigenvalue weighted by Crippen LogP contribution is 2.05. The third kappa shape index (κ3) is 3.06. The molecule has 1 rings (SSSR count). The predicted octanol–water partition coefficient (Wildman–Crippen LogP) is 1.10. The zero-order chi connectivity index (χ0) is 11.4. The molecule has 2 N–H and O–H groups in total. The van der Waals surface area contributed by atoms with E-state index in [2.05, 4.69) is 10.4 Å². The van der Waals surface area contributed by atoms with E-state index in [0.29, 0.717) is 19.1 Å². The van der Waals surface area contributed by atoms with E-state index < -0.39 is 5.97 Å². The Kier molecular flexibility index (Phi) is 3.85. The van der Waals surface area contributed by atoms with Crippen molar-refractivity contribution in [3.05, 3.63) is 17.5 Å². The van der Waals surface area contributed by atoms with Gasteiger partial charge in [-0.1, -0.05) is 13.8 Å². The Bertz CT molecular complexity index is 344. The molecule has 0 aromatic carbocycles. The van der Waals surface area contributed by atoms with Crippen LogP contribution in [0.3, 0.4) is 0 Å². The molecule has 0 saturated heterocycles. The number of hydrogen-bond donors (Lipinski definition) is 2. The summed E-state index contributed by atoms with van der Waals surface area (Å²) >= 11 is 0. The molecule has 0 aliphatic carbocycles. The van der Waals surface area contributed by atoms with Crippen molar-refractivity contribution in [2.45, 2.75) is 39.9 Å². The smallest absolute Gasteiger partial charge is 0.356 e. The lowest BCUT2D eigenvalue weighted by Crippen LogP contribution is -2.23. The fraction of sp³-hybridized carbons (Fsp3) is 0.600. The van der Waals surface area contributed by atoms with E-state index >= 15 is 0 Å². The summed E-state index contributed by atoms with van der Waals surface area (Å²) in [5.74, 6) is -0.979. The predicted molar refractivity (Wildman–Crippen MR) is 56.8 cm³/mol. The summed E-state index contributed by atoms with van der Waals surface area (Å²) in [5, 5.41) is 16.0. The molecule has 0 saturated carbocycles. The summed E-state index contributed by atoms with van der Waals surface area (Å²) in [4.78, 5) is 10.7. The minimum absolute atomic E-state index is 0.109.